The van der Waals surface area contributed by atoms with Gasteiger partial charge in [0.05, 0.1) is 11.2 Å². The van der Waals surface area contributed by atoms with E-state index in [0.29, 0.717) is 12.0 Å². The Bertz CT molecular complexity index is 917. The molecule has 6 heteroatoms. The van der Waals surface area contributed by atoms with Crippen molar-refractivity contribution >= 4 is 0 Å². The fraction of sp³-hybridized carbons (Fsp3) is 0.571. The van der Waals surface area contributed by atoms with Crippen LogP contribution in [0.25, 0.3) is 11.1 Å². The highest BCUT2D eigenvalue weighted by atomic mass is 19.2. The van der Waals surface area contributed by atoms with Gasteiger partial charge in [-0.25, -0.2) is 22.0 Å². The van der Waals surface area contributed by atoms with Crippen LogP contribution in [0.4, 0.5) is 22.0 Å². The van der Waals surface area contributed by atoms with E-state index in [9.17, 15) is 27.1 Å². The number of hydrogen-bond acceptors (Lipinski definition) is 1. The standard InChI is InChI=1S/C28H37F5O/c1-6-7-8-9-10-11-15-21(28(34,17(2)3)18(4)5)19-13-12-14-20(16-19)22-23(29)25(31)27(33)26(32)24(22)30/h12-14,16-18,21,34H,6-11,15H2,1-5H3. The maximum atomic E-state index is 14.5. The van der Waals surface area contributed by atoms with E-state index in [2.05, 4.69) is 6.92 Å². The minimum absolute atomic E-state index is 0.104. The quantitative estimate of drug-likeness (QED) is 0.138. The van der Waals surface area contributed by atoms with Crippen LogP contribution >= 0.6 is 0 Å². The van der Waals surface area contributed by atoms with Crippen LogP contribution in [0.2, 0.25) is 0 Å². The van der Waals surface area contributed by atoms with Gasteiger partial charge >= 0.3 is 0 Å². The zero-order valence-electron chi connectivity index (χ0n) is 20.8. The lowest BCUT2D eigenvalue weighted by molar-refractivity contribution is -0.0730. The topological polar surface area (TPSA) is 20.2 Å². The molecule has 0 heterocycles. The Kier molecular flexibility index (Phi) is 10.1. The van der Waals surface area contributed by atoms with Gasteiger partial charge in [0.1, 0.15) is 0 Å². The molecule has 0 aliphatic rings. The number of unbranched alkanes of at least 4 members (excludes halogenated alkanes) is 5. The van der Waals surface area contributed by atoms with E-state index in [0.717, 1.165) is 32.1 Å². The Hall–Kier alpha value is -1.95. The van der Waals surface area contributed by atoms with Crippen LogP contribution in [0.1, 0.15) is 91.0 Å². The fourth-order valence-corrected chi connectivity index (χ4v) is 5.03. The molecular weight excluding hydrogens is 447 g/mol. The van der Waals surface area contributed by atoms with Crippen molar-refractivity contribution in [2.75, 3.05) is 0 Å². The predicted octanol–water partition coefficient (Wildman–Crippen LogP) is 8.93. The van der Waals surface area contributed by atoms with Crippen LogP contribution in [0.3, 0.4) is 0 Å². The van der Waals surface area contributed by atoms with Crippen molar-refractivity contribution < 1.29 is 27.1 Å². The van der Waals surface area contributed by atoms with Crippen molar-refractivity contribution in [2.24, 2.45) is 11.8 Å². The van der Waals surface area contributed by atoms with E-state index in [1.807, 2.05) is 27.7 Å². The molecule has 0 bridgehead atoms. The molecular formula is C28H37F5O. The first-order valence-electron chi connectivity index (χ1n) is 12.3. The fourth-order valence-electron chi connectivity index (χ4n) is 5.03. The van der Waals surface area contributed by atoms with Crippen molar-refractivity contribution in [3.8, 4) is 11.1 Å². The molecule has 0 aromatic heterocycles. The Morgan fingerprint density at radius 1 is 0.735 bits per heavy atom. The number of halogens is 5. The lowest BCUT2D eigenvalue weighted by Crippen LogP contribution is -2.46. The summed E-state index contributed by atoms with van der Waals surface area (Å²) in [5.41, 5.74) is -1.54. The Labute approximate surface area is 200 Å². The van der Waals surface area contributed by atoms with Gasteiger partial charge in [0.25, 0.3) is 0 Å². The second kappa shape index (κ2) is 12.1. The first-order chi connectivity index (χ1) is 16.0. The van der Waals surface area contributed by atoms with E-state index in [1.54, 1.807) is 6.07 Å². The summed E-state index contributed by atoms with van der Waals surface area (Å²) < 4.78 is 70.2. The molecule has 2 aromatic rings. The van der Waals surface area contributed by atoms with Gasteiger partial charge in [0.15, 0.2) is 23.3 Å². The number of benzene rings is 2. The normalized spacial score (nSPS) is 13.2. The van der Waals surface area contributed by atoms with E-state index in [-0.39, 0.29) is 23.3 Å². The zero-order chi connectivity index (χ0) is 25.6. The second-order valence-electron chi connectivity index (χ2n) is 9.88. The van der Waals surface area contributed by atoms with Gasteiger partial charge in [-0.2, -0.15) is 0 Å². The van der Waals surface area contributed by atoms with Gasteiger partial charge in [-0.15, -0.1) is 0 Å². The Balaban J connectivity index is 2.52. The van der Waals surface area contributed by atoms with Crippen LogP contribution in [-0.4, -0.2) is 10.7 Å². The lowest BCUT2D eigenvalue weighted by Gasteiger charge is -2.43. The molecule has 34 heavy (non-hydrogen) atoms. The Morgan fingerprint density at radius 3 is 1.76 bits per heavy atom. The molecule has 0 radical (unpaired) electrons. The molecule has 1 atom stereocenters. The van der Waals surface area contributed by atoms with Crippen LogP contribution in [0, 0.1) is 40.9 Å². The van der Waals surface area contributed by atoms with Crippen molar-refractivity contribution in [2.45, 2.75) is 91.1 Å². The van der Waals surface area contributed by atoms with Crippen molar-refractivity contribution in [1.29, 1.82) is 0 Å². The lowest BCUT2D eigenvalue weighted by atomic mass is 9.67. The molecule has 2 rings (SSSR count). The third-order valence-electron chi connectivity index (χ3n) is 7.04. The van der Waals surface area contributed by atoms with Crippen molar-refractivity contribution in [3.63, 3.8) is 0 Å². The molecule has 0 spiro atoms. The average Bonchev–Trinajstić information content (AvgIpc) is 2.80. The minimum atomic E-state index is -2.18. The molecule has 1 nitrogen and oxygen atoms in total. The van der Waals surface area contributed by atoms with E-state index in [1.165, 1.54) is 24.6 Å². The molecule has 0 saturated heterocycles. The smallest absolute Gasteiger partial charge is 0.200 e. The van der Waals surface area contributed by atoms with Crippen LogP contribution in [-0.2, 0) is 0 Å². The summed E-state index contributed by atoms with van der Waals surface area (Å²) in [4.78, 5) is 0. The minimum Gasteiger partial charge on any atom is -0.389 e. The highest BCUT2D eigenvalue weighted by Crippen LogP contribution is 2.44. The predicted molar refractivity (Wildman–Crippen MR) is 127 cm³/mol. The van der Waals surface area contributed by atoms with Gasteiger partial charge in [0, 0.05) is 5.92 Å². The largest absolute Gasteiger partial charge is 0.389 e. The molecule has 1 N–H and O–H groups in total. The van der Waals surface area contributed by atoms with E-state index >= 15 is 0 Å². The van der Waals surface area contributed by atoms with E-state index in [4.69, 9.17) is 0 Å². The van der Waals surface area contributed by atoms with Gasteiger partial charge in [-0.1, -0.05) is 97.4 Å². The first kappa shape index (κ1) is 28.3. The zero-order valence-corrected chi connectivity index (χ0v) is 20.8. The molecule has 0 aliphatic heterocycles. The summed E-state index contributed by atoms with van der Waals surface area (Å²) >= 11 is 0. The number of rotatable bonds is 12. The summed E-state index contributed by atoms with van der Waals surface area (Å²) in [6, 6.07) is 6.08. The summed E-state index contributed by atoms with van der Waals surface area (Å²) in [5, 5.41) is 11.8. The van der Waals surface area contributed by atoms with Gasteiger partial charge < -0.3 is 5.11 Å². The molecule has 190 valence electrons. The second-order valence-corrected chi connectivity index (χ2v) is 9.88. The highest BCUT2D eigenvalue weighted by molar-refractivity contribution is 5.66. The SMILES string of the molecule is CCCCCCCCC(c1cccc(-c2c(F)c(F)c(F)c(F)c2F)c1)C(O)(C(C)C)C(C)C. The molecule has 0 aliphatic carbocycles. The number of aliphatic hydroxyl groups is 1. The summed E-state index contributed by atoms with van der Waals surface area (Å²) in [7, 11) is 0. The summed E-state index contributed by atoms with van der Waals surface area (Å²) in [5.74, 6) is -10.4. The van der Waals surface area contributed by atoms with E-state index < -0.39 is 40.3 Å². The third kappa shape index (κ3) is 5.81. The first-order valence-corrected chi connectivity index (χ1v) is 12.3. The molecule has 0 fully saturated rings. The van der Waals surface area contributed by atoms with Crippen LogP contribution in [0.15, 0.2) is 24.3 Å². The summed E-state index contributed by atoms with van der Waals surface area (Å²) in [6.07, 6.45) is 7.08. The van der Waals surface area contributed by atoms with Crippen LogP contribution in [0.5, 0.6) is 0 Å². The monoisotopic (exact) mass is 484 g/mol. The highest BCUT2D eigenvalue weighted by Gasteiger charge is 2.43. The van der Waals surface area contributed by atoms with Crippen LogP contribution < -0.4 is 0 Å². The maximum Gasteiger partial charge on any atom is 0.200 e. The maximum absolute atomic E-state index is 14.5. The van der Waals surface area contributed by atoms with Crippen molar-refractivity contribution in [3.05, 3.63) is 58.9 Å². The van der Waals surface area contributed by atoms with Gasteiger partial charge in [-0.05, 0) is 29.4 Å². The Morgan fingerprint density at radius 2 is 1.24 bits per heavy atom. The average molecular weight is 485 g/mol. The molecule has 2 aromatic carbocycles. The summed E-state index contributed by atoms with van der Waals surface area (Å²) in [6.45, 7) is 9.88. The molecule has 0 saturated carbocycles. The van der Waals surface area contributed by atoms with Gasteiger partial charge in [-0.3, -0.25) is 0 Å². The molecule has 0 amide bonds. The number of hydrogen-bond donors (Lipinski definition) is 1. The van der Waals surface area contributed by atoms with Crippen molar-refractivity contribution in [1.82, 2.24) is 0 Å². The molecule has 1 unspecified atom stereocenters. The third-order valence-corrected chi connectivity index (χ3v) is 7.04. The van der Waals surface area contributed by atoms with Gasteiger partial charge in [0.2, 0.25) is 5.82 Å².